The fourth-order valence-corrected chi connectivity index (χ4v) is 3.11. The SMILES string of the molecule is CS(=O)(=O)N(CCNC(=O)c1ccccc1F)c1c(F)cccc1F. The third-order valence-corrected chi connectivity index (χ3v) is 4.47. The van der Waals surface area contributed by atoms with Crippen LogP contribution in [0.25, 0.3) is 0 Å². The van der Waals surface area contributed by atoms with E-state index in [4.69, 9.17) is 0 Å². The third kappa shape index (κ3) is 4.50. The number of nitrogens with one attached hydrogen (secondary N) is 1. The molecular formula is C16H15F3N2O3S. The molecule has 0 aliphatic carbocycles. The van der Waals surface area contributed by atoms with E-state index in [2.05, 4.69) is 5.32 Å². The van der Waals surface area contributed by atoms with Crippen molar-refractivity contribution < 1.29 is 26.4 Å². The highest BCUT2D eigenvalue weighted by Gasteiger charge is 2.24. The molecule has 2 aromatic rings. The van der Waals surface area contributed by atoms with Crippen molar-refractivity contribution >= 4 is 21.6 Å². The lowest BCUT2D eigenvalue weighted by Crippen LogP contribution is -2.39. The van der Waals surface area contributed by atoms with Crippen LogP contribution in [0.2, 0.25) is 0 Å². The van der Waals surface area contributed by atoms with Gasteiger partial charge < -0.3 is 5.32 Å². The van der Waals surface area contributed by atoms with E-state index in [9.17, 15) is 26.4 Å². The largest absolute Gasteiger partial charge is 0.350 e. The first-order valence-corrected chi connectivity index (χ1v) is 9.01. The number of para-hydroxylation sites is 1. The van der Waals surface area contributed by atoms with Crippen molar-refractivity contribution in [2.45, 2.75) is 0 Å². The maximum atomic E-state index is 13.9. The number of hydrogen-bond donors (Lipinski definition) is 1. The van der Waals surface area contributed by atoms with Crippen LogP contribution >= 0.6 is 0 Å². The minimum atomic E-state index is -4.01. The predicted octanol–water partition coefficient (Wildman–Crippen LogP) is 2.30. The molecule has 1 amide bonds. The molecule has 0 unspecified atom stereocenters. The van der Waals surface area contributed by atoms with Gasteiger partial charge in [0.15, 0.2) is 11.6 Å². The summed E-state index contributed by atoms with van der Waals surface area (Å²) in [6.07, 6.45) is 0.789. The van der Waals surface area contributed by atoms with Crippen molar-refractivity contribution in [2.75, 3.05) is 23.7 Å². The van der Waals surface area contributed by atoms with Crippen molar-refractivity contribution in [1.29, 1.82) is 0 Å². The lowest BCUT2D eigenvalue weighted by atomic mass is 10.2. The monoisotopic (exact) mass is 372 g/mol. The van der Waals surface area contributed by atoms with Crippen LogP contribution in [0.3, 0.4) is 0 Å². The van der Waals surface area contributed by atoms with Gasteiger partial charge >= 0.3 is 0 Å². The highest BCUT2D eigenvalue weighted by atomic mass is 32.2. The molecule has 25 heavy (non-hydrogen) atoms. The Morgan fingerprint density at radius 2 is 1.56 bits per heavy atom. The number of carbonyl (C=O) groups excluding carboxylic acids is 1. The van der Waals surface area contributed by atoms with Gasteiger partial charge in [0.2, 0.25) is 10.0 Å². The molecule has 0 aromatic heterocycles. The van der Waals surface area contributed by atoms with Crippen LogP contribution in [0.15, 0.2) is 42.5 Å². The normalized spacial score (nSPS) is 11.2. The van der Waals surface area contributed by atoms with Gasteiger partial charge in [-0.05, 0) is 24.3 Å². The van der Waals surface area contributed by atoms with E-state index < -0.39 is 45.6 Å². The summed E-state index contributed by atoms with van der Waals surface area (Å²) < 4.78 is 65.4. The Hall–Kier alpha value is -2.55. The van der Waals surface area contributed by atoms with E-state index >= 15 is 0 Å². The second kappa shape index (κ2) is 7.56. The second-order valence-electron chi connectivity index (χ2n) is 5.14. The van der Waals surface area contributed by atoms with Crippen LogP contribution < -0.4 is 9.62 Å². The fourth-order valence-electron chi connectivity index (χ4n) is 2.18. The number of sulfonamides is 1. The van der Waals surface area contributed by atoms with Crippen LogP contribution in [0.4, 0.5) is 18.9 Å². The fraction of sp³-hybridized carbons (Fsp3) is 0.188. The Kier molecular flexibility index (Phi) is 5.68. The Balaban J connectivity index is 2.15. The van der Waals surface area contributed by atoms with Crippen molar-refractivity contribution in [2.24, 2.45) is 0 Å². The van der Waals surface area contributed by atoms with E-state index in [-0.39, 0.29) is 12.1 Å². The number of rotatable bonds is 6. The average molecular weight is 372 g/mol. The molecule has 0 spiro atoms. The molecule has 9 heteroatoms. The number of nitrogens with zero attached hydrogens (tertiary/aromatic N) is 1. The minimum Gasteiger partial charge on any atom is -0.350 e. The summed E-state index contributed by atoms with van der Waals surface area (Å²) in [7, 11) is -4.01. The van der Waals surface area contributed by atoms with Gasteiger partial charge in [0, 0.05) is 6.54 Å². The van der Waals surface area contributed by atoms with Crippen molar-refractivity contribution in [3.05, 3.63) is 65.5 Å². The molecule has 0 bridgehead atoms. The van der Waals surface area contributed by atoms with Crippen LogP contribution in [0.5, 0.6) is 0 Å². The molecule has 5 nitrogen and oxygen atoms in total. The summed E-state index contributed by atoms with van der Waals surface area (Å²) in [6, 6.07) is 8.20. The molecule has 0 atom stereocenters. The van der Waals surface area contributed by atoms with Crippen molar-refractivity contribution in [1.82, 2.24) is 5.32 Å². The average Bonchev–Trinajstić information content (AvgIpc) is 2.52. The molecule has 0 fully saturated rings. The molecule has 0 heterocycles. The van der Waals surface area contributed by atoms with E-state index in [1.165, 1.54) is 18.2 Å². The smallest absolute Gasteiger partial charge is 0.254 e. The zero-order valence-electron chi connectivity index (χ0n) is 13.2. The van der Waals surface area contributed by atoms with Gasteiger partial charge in [-0.25, -0.2) is 21.6 Å². The summed E-state index contributed by atoms with van der Waals surface area (Å²) in [5.41, 5.74) is -0.949. The summed E-state index contributed by atoms with van der Waals surface area (Å²) in [5.74, 6) is -3.60. The summed E-state index contributed by atoms with van der Waals surface area (Å²) >= 11 is 0. The quantitative estimate of drug-likeness (QED) is 0.846. The van der Waals surface area contributed by atoms with Crippen LogP contribution in [0.1, 0.15) is 10.4 Å². The van der Waals surface area contributed by atoms with Crippen molar-refractivity contribution in [3.63, 3.8) is 0 Å². The number of halogens is 3. The molecule has 2 rings (SSSR count). The Bertz CT molecular complexity index is 868. The molecule has 0 aliphatic heterocycles. The minimum absolute atomic E-state index is 0.217. The van der Waals surface area contributed by atoms with Crippen LogP contribution in [-0.4, -0.2) is 33.7 Å². The van der Waals surface area contributed by atoms with Gasteiger partial charge in [-0.15, -0.1) is 0 Å². The van der Waals surface area contributed by atoms with Crippen LogP contribution in [-0.2, 0) is 10.0 Å². The standard InChI is InChI=1S/C16H15F3N2O3S/c1-25(23,24)21(15-13(18)7-4-8-14(15)19)10-9-20-16(22)11-5-2-3-6-12(11)17/h2-8H,9-10H2,1H3,(H,20,22). The first-order valence-electron chi connectivity index (χ1n) is 7.16. The Morgan fingerprint density at radius 3 is 2.12 bits per heavy atom. The number of hydrogen-bond acceptors (Lipinski definition) is 3. The number of amides is 1. The highest BCUT2D eigenvalue weighted by molar-refractivity contribution is 7.92. The van der Waals surface area contributed by atoms with E-state index in [0.717, 1.165) is 30.5 Å². The molecule has 0 saturated heterocycles. The van der Waals surface area contributed by atoms with E-state index in [1.54, 1.807) is 0 Å². The van der Waals surface area contributed by atoms with E-state index in [1.807, 2.05) is 0 Å². The highest BCUT2D eigenvalue weighted by Crippen LogP contribution is 2.25. The summed E-state index contributed by atoms with van der Waals surface area (Å²) in [4.78, 5) is 11.9. The first kappa shape index (κ1) is 18.8. The topological polar surface area (TPSA) is 66.5 Å². The predicted molar refractivity (Wildman–Crippen MR) is 87.3 cm³/mol. The Labute approximate surface area is 143 Å². The van der Waals surface area contributed by atoms with Gasteiger partial charge in [0.25, 0.3) is 5.91 Å². The number of anilines is 1. The van der Waals surface area contributed by atoms with E-state index in [0.29, 0.717) is 4.31 Å². The molecule has 0 radical (unpaired) electrons. The van der Waals surface area contributed by atoms with Gasteiger partial charge in [0.1, 0.15) is 11.5 Å². The second-order valence-corrected chi connectivity index (χ2v) is 7.05. The molecule has 0 aliphatic rings. The molecule has 1 N–H and O–H groups in total. The van der Waals surface area contributed by atoms with Gasteiger partial charge in [-0.2, -0.15) is 0 Å². The molecule has 0 saturated carbocycles. The molecular weight excluding hydrogens is 357 g/mol. The maximum absolute atomic E-state index is 13.9. The number of benzene rings is 2. The van der Waals surface area contributed by atoms with Gasteiger partial charge in [-0.1, -0.05) is 18.2 Å². The lowest BCUT2D eigenvalue weighted by molar-refractivity contribution is 0.0951. The summed E-state index contributed by atoms with van der Waals surface area (Å²) in [5, 5.41) is 2.32. The van der Waals surface area contributed by atoms with Gasteiger partial charge in [0.05, 0.1) is 18.4 Å². The first-order chi connectivity index (χ1) is 11.7. The Morgan fingerprint density at radius 1 is 1.00 bits per heavy atom. The van der Waals surface area contributed by atoms with Gasteiger partial charge in [-0.3, -0.25) is 9.10 Å². The number of carbonyl (C=O) groups is 1. The molecule has 2 aromatic carbocycles. The zero-order chi connectivity index (χ0) is 18.6. The van der Waals surface area contributed by atoms with Crippen molar-refractivity contribution in [3.8, 4) is 0 Å². The third-order valence-electron chi connectivity index (χ3n) is 3.31. The maximum Gasteiger partial charge on any atom is 0.254 e. The summed E-state index contributed by atoms with van der Waals surface area (Å²) in [6.45, 7) is -0.690. The zero-order valence-corrected chi connectivity index (χ0v) is 14.0. The lowest BCUT2D eigenvalue weighted by Gasteiger charge is -2.23. The van der Waals surface area contributed by atoms with Crippen LogP contribution in [0, 0.1) is 17.5 Å². The molecule has 134 valence electrons.